The summed E-state index contributed by atoms with van der Waals surface area (Å²) < 4.78 is 27.4. The number of nitrogens with two attached hydrogens (primary N) is 1. The third kappa shape index (κ3) is 3.04. The summed E-state index contributed by atoms with van der Waals surface area (Å²) in [5.41, 5.74) is 8.74. The van der Waals surface area contributed by atoms with E-state index in [1.165, 1.54) is 0 Å². The van der Waals surface area contributed by atoms with Gasteiger partial charge in [0.25, 0.3) is 11.8 Å². The van der Waals surface area contributed by atoms with E-state index in [-0.39, 0.29) is 17.5 Å². The van der Waals surface area contributed by atoms with Gasteiger partial charge in [-0.2, -0.15) is 0 Å². The Kier molecular flexibility index (Phi) is 4.14. The minimum Gasteiger partial charge on any atom is -0.364 e. The van der Waals surface area contributed by atoms with Crippen molar-refractivity contribution in [2.75, 3.05) is 13.1 Å². The number of fused-ring (bicyclic) bond motifs is 1. The molecule has 2 heterocycles. The first-order valence-corrected chi connectivity index (χ1v) is 8.53. The van der Waals surface area contributed by atoms with Crippen LogP contribution in [0.15, 0.2) is 6.07 Å². The van der Waals surface area contributed by atoms with Crippen LogP contribution < -0.4 is 5.73 Å². The van der Waals surface area contributed by atoms with Crippen LogP contribution in [0.1, 0.15) is 60.9 Å². The number of aromatic nitrogens is 1. The molecule has 1 aliphatic carbocycles. The van der Waals surface area contributed by atoms with Gasteiger partial charge in [0, 0.05) is 37.4 Å². The first-order chi connectivity index (χ1) is 11.1. The Morgan fingerprint density at radius 1 is 1.42 bits per heavy atom. The van der Waals surface area contributed by atoms with Crippen LogP contribution in [-0.2, 0) is 18.4 Å². The lowest BCUT2D eigenvalue weighted by molar-refractivity contribution is -0.100. The predicted octanol–water partition coefficient (Wildman–Crippen LogP) is 2.88. The number of pyridine rings is 1. The third-order valence-electron chi connectivity index (χ3n) is 5.52. The summed E-state index contributed by atoms with van der Waals surface area (Å²) in [5, 5.41) is 0. The van der Waals surface area contributed by atoms with Crippen LogP contribution in [0.3, 0.4) is 0 Å². The first-order valence-electron chi connectivity index (χ1n) is 8.53. The largest absolute Gasteiger partial charge is 0.364 e. The number of alkyl halides is 2. The zero-order chi connectivity index (χ0) is 17.7. The van der Waals surface area contributed by atoms with Crippen molar-refractivity contribution in [3.8, 4) is 0 Å². The average Bonchev–Trinajstić information content (AvgIpc) is 2.79. The van der Waals surface area contributed by atoms with Crippen molar-refractivity contribution in [1.29, 1.82) is 0 Å². The standard InChI is InChI=1S/C18H25F2N3O/c1-11-9-23(7-6-18(11,19)20)10-12-8-14(16(21)24)22-15-13(12)4-5-17(15,2)3/h8,11H,4-7,9-10H2,1-3H3,(H2,21,24)/t11-/m1/s1. The molecule has 4 nitrogen and oxygen atoms in total. The highest BCUT2D eigenvalue weighted by Gasteiger charge is 2.41. The van der Waals surface area contributed by atoms with E-state index in [0.717, 1.165) is 29.7 Å². The number of hydrogen-bond acceptors (Lipinski definition) is 3. The molecule has 2 aliphatic rings. The Morgan fingerprint density at radius 2 is 2.12 bits per heavy atom. The molecule has 24 heavy (non-hydrogen) atoms. The molecule has 132 valence electrons. The maximum Gasteiger partial charge on any atom is 0.267 e. The van der Waals surface area contributed by atoms with Crippen LogP contribution in [0.5, 0.6) is 0 Å². The maximum atomic E-state index is 13.7. The number of nitrogens with zero attached hydrogens (tertiary/aromatic N) is 2. The van der Waals surface area contributed by atoms with Gasteiger partial charge in [-0.15, -0.1) is 0 Å². The Bertz CT molecular complexity index is 672. The van der Waals surface area contributed by atoms with E-state index in [1.807, 2.05) is 4.90 Å². The summed E-state index contributed by atoms with van der Waals surface area (Å²) in [6.07, 6.45) is 1.76. The van der Waals surface area contributed by atoms with Crippen LogP contribution in [-0.4, -0.2) is 34.8 Å². The van der Waals surface area contributed by atoms with Crippen LogP contribution in [0.25, 0.3) is 0 Å². The molecule has 0 aromatic carbocycles. The van der Waals surface area contributed by atoms with Gasteiger partial charge in [-0.1, -0.05) is 20.8 Å². The molecule has 1 saturated heterocycles. The fraction of sp³-hybridized carbons (Fsp3) is 0.667. The summed E-state index contributed by atoms with van der Waals surface area (Å²) in [6.45, 7) is 7.12. The number of piperidine rings is 1. The minimum absolute atomic E-state index is 0.0856. The van der Waals surface area contributed by atoms with Crippen molar-refractivity contribution in [3.63, 3.8) is 0 Å². The topological polar surface area (TPSA) is 59.2 Å². The molecule has 0 saturated carbocycles. The molecule has 0 unspecified atom stereocenters. The van der Waals surface area contributed by atoms with Crippen LogP contribution in [0.4, 0.5) is 8.78 Å². The van der Waals surface area contributed by atoms with Crippen molar-refractivity contribution >= 4 is 5.91 Å². The average molecular weight is 337 g/mol. The summed E-state index contributed by atoms with van der Waals surface area (Å²) in [6, 6.07) is 1.75. The highest BCUT2D eigenvalue weighted by Crippen LogP contribution is 2.40. The van der Waals surface area contributed by atoms with E-state index >= 15 is 0 Å². The minimum atomic E-state index is -2.59. The lowest BCUT2D eigenvalue weighted by Gasteiger charge is -2.37. The zero-order valence-electron chi connectivity index (χ0n) is 14.5. The number of primary amides is 1. The zero-order valence-corrected chi connectivity index (χ0v) is 14.5. The molecule has 0 radical (unpaired) electrons. The van der Waals surface area contributed by atoms with Crippen LogP contribution >= 0.6 is 0 Å². The second-order valence-corrected chi connectivity index (χ2v) is 7.89. The SMILES string of the molecule is C[C@@H]1CN(Cc2cc(C(N)=O)nc3c2CCC3(C)C)CCC1(F)F. The second-order valence-electron chi connectivity index (χ2n) is 7.89. The van der Waals surface area contributed by atoms with Crippen molar-refractivity contribution in [3.05, 3.63) is 28.6 Å². The number of likely N-dealkylation sites (tertiary alicyclic amines) is 1. The molecule has 1 amide bonds. The molecular formula is C18H25F2N3O. The van der Waals surface area contributed by atoms with Gasteiger partial charge in [-0.25, -0.2) is 13.8 Å². The van der Waals surface area contributed by atoms with E-state index in [4.69, 9.17) is 5.73 Å². The van der Waals surface area contributed by atoms with E-state index in [2.05, 4.69) is 18.8 Å². The first kappa shape index (κ1) is 17.3. The van der Waals surface area contributed by atoms with Crippen molar-refractivity contribution < 1.29 is 13.6 Å². The molecule has 1 atom stereocenters. The molecule has 0 bridgehead atoms. The van der Waals surface area contributed by atoms with E-state index in [1.54, 1.807) is 13.0 Å². The van der Waals surface area contributed by atoms with E-state index < -0.39 is 17.7 Å². The van der Waals surface area contributed by atoms with Gasteiger partial charge in [-0.05, 0) is 30.0 Å². The quantitative estimate of drug-likeness (QED) is 0.923. The normalized spacial score (nSPS) is 25.5. The Labute approximate surface area is 141 Å². The fourth-order valence-corrected chi connectivity index (χ4v) is 3.84. The van der Waals surface area contributed by atoms with Crippen molar-refractivity contribution in [2.24, 2.45) is 11.7 Å². The second kappa shape index (κ2) is 5.76. The molecular weight excluding hydrogens is 312 g/mol. The van der Waals surface area contributed by atoms with Gasteiger partial charge in [0.1, 0.15) is 5.69 Å². The van der Waals surface area contributed by atoms with Crippen LogP contribution in [0, 0.1) is 5.92 Å². The number of halogens is 2. The predicted molar refractivity (Wildman–Crippen MR) is 88.1 cm³/mol. The van der Waals surface area contributed by atoms with Crippen molar-refractivity contribution in [1.82, 2.24) is 9.88 Å². The van der Waals surface area contributed by atoms with Gasteiger partial charge >= 0.3 is 0 Å². The highest BCUT2D eigenvalue weighted by molar-refractivity contribution is 5.91. The molecule has 0 spiro atoms. The van der Waals surface area contributed by atoms with Gasteiger partial charge in [-0.3, -0.25) is 9.69 Å². The summed E-state index contributed by atoms with van der Waals surface area (Å²) in [7, 11) is 0. The van der Waals surface area contributed by atoms with Gasteiger partial charge in [0.05, 0.1) is 5.69 Å². The molecule has 1 fully saturated rings. The van der Waals surface area contributed by atoms with Gasteiger partial charge in [0.15, 0.2) is 0 Å². The fourth-order valence-electron chi connectivity index (χ4n) is 3.84. The molecule has 1 aromatic rings. The Morgan fingerprint density at radius 3 is 2.75 bits per heavy atom. The highest BCUT2D eigenvalue weighted by atomic mass is 19.3. The van der Waals surface area contributed by atoms with E-state index in [9.17, 15) is 13.6 Å². The maximum absolute atomic E-state index is 13.7. The molecule has 3 rings (SSSR count). The Balaban J connectivity index is 1.90. The molecule has 2 N–H and O–H groups in total. The number of amides is 1. The van der Waals surface area contributed by atoms with Crippen molar-refractivity contribution in [2.45, 2.75) is 57.9 Å². The summed E-state index contributed by atoms with van der Waals surface area (Å²) in [4.78, 5) is 18.2. The Hall–Kier alpha value is -1.56. The number of hydrogen-bond donors (Lipinski definition) is 1. The molecule has 1 aliphatic heterocycles. The summed E-state index contributed by atoms with van der Waals surface area (Å²) in [5.74, 6) is -3.79. The third-order valence-corrected chi connectivity index (χ3v) is 5.52. The number of carbonyl (C=O) groups excluding carboxylic acids is 1. The van der Waals surface area contributed by atoms with Crippen LogP contribution in [0.2, 0.25) is 0 Å². The number of rotatable bonds is 3. The van der Waals surface area contributed by atoms with Gasteiger partial charge in [0.2, 0.25) is 0 Å². The summed E-state index contributed by atoms with van der Waals surface area (Å²) >= 11 is 0. The number of carbonyl (C=O) groups is 1. The monoisotopic (exact) mass is 337 g/mol. The lowest BCUT2D eigenvalue weighted by atomic mass is 9.89. The molecule has 1 aromatic heterocycles. The smallest absolute Gasteiger partial charge is 0.267 e. The lowest BCUT2D eigenvalue weighted by Crippen LogP contribution is -2.45. The molecule has 6 heteroatoms. The van der Waals surface area contributed by atoms with E-state index in [0.29, 0.717) is 19.6 Å². The van der Waals surface area contributed by atoms with Gasteiger partial charge < -0.3 is 5.73 Å².